The van der Waals surface area contributed by atoms with E-state index in [0.717, 1.165) is 15.9 Å². The van der Waals surface area contributed by atoms with Gasteiger partial charge in [0.2, 0.25) is 6.79 Å². The predicted molar refractivity (Wildman–Crippen MR) is 91.0 cm³/mol. The van der Waals surface area contributed by atoms with E-state index in [-0.39, 0.29) is 18.7 Å². The molecule has 1 N–H and O–H groups in total. The van der Waals surface area contributed by atoms with E-state index in [9.17, 15) is 4.79 Å². The molecule has 0 radical (unpaired) electrons. The minimum atomic E-state index is -0.267. The molecule has 0 spiro atoms. The Morgan fingerprint density at radius 3 is 2.75 bits per heavy atom. The number of thiazole rings is 1. The number of nitrogens with zero attached hydrogens (tertiary/aromatic N) is 3. The molecule has 3 heterocycles. The number of aryl methyl sites for hydroxylation is 1. The summed E-state index contributed by atoms with van der Waals surface area (Å²) in [6, 6.07) is 5.68. The number of amides is 1. The summed E-state index contributed by atoms with van der Waals surface area (Å²) in [6.45, 7) is 6.22. The number of ether oxygens (including phenoxy) is 2. The van der Waals surface area contributed by atoms with E-state index in [0.29, 0.717) is 22.3 Å². The standard InChI is InChI=1S/C16H16N4O3S/c1-8(2)20-9(3)4-11(19-20)15(21)18-16-17-10-5-12-13(23-7-22-12)6-14(10)24-16/h4-6,8H,7H2,1-3H3,(H,17,18,21). The van der Waals surface area contributed by atoms with E-state index in [1.54, 1.807) is 6.07 Å². The van der Waals surface area contributed by atoms with Crippen molar-refractivity contribution in [1.29, 1.82) is 0 Å². The molecule has 1 aliphatic heterocycles. The summed E-state index contributed by atoms with van der Waals surface area (Å²) in [7, 11) is 0. The third-order valence-electron chi connectivity index (χ3n) is 3.75. The van der Waals surface area contributed by atoms with Gasteiger partial charge in [0.25, 0.3) is 5.91 Å². The topological polar surface area (TPSA) is 78.3 Å². The van der Waals surface area contributed by atoms with Crippen LogP contribution in [0.4, 0.5) is 5.13 Å². The van der Waals surface area contributed by atoms with Crippen LogP contribution in [0.15, 0.2) is 18.2 Å². The van der Waals surface area contributed by atoms with Crippen LogP contribution in [0.2, 0.25) is 0 Å². The smallest absolute Gasteiger partial charge is 0.277 e. The Bertz CT molecular complexity index is 903. The molecular formula is C16H16N4O3S. The minimum absolute atomic E-state index is 0.205. The second-order valence-corrected chi connectivity index (χ2v) is 6.89. The highest BCUT2D eigenvalue weighted by atomic mass is 32.1. The second kappa shape index (κ2) is 5.48. The van der Waals surface area contributed by atoms with Crippen molar-refractivity contribution in [3.05, 3.63) is 29.6 Å². The minimum Gasteiger partial charge on any atom is -0.454 e. The van der Waals surface area contributed by atoms with E-state index in [1.165, 1.54) is 11.3 Å². The molecule has 0 fully saturated rings. The van der Waals surface area contributed by atoms with Gasteiger partial charge < -0.3 is 9.47 Å². The zero-order chi connectivity index (χ0) is 16.8. The third-order valence-corrected chi connectivity index (χ3v) is 4.68. The summed E-state index contributed by atoms with van der Waals surface area (Å²) in [5.74, 6) is 1.11. The summed E-state index contributed by atoms with van der Waals surface area (Å²) in [5, 5.41) is 7.69. The first-order valence-electron chi connectivity index (χ1n) is 7.59. The second-order valence-electron chi connectivity index (χ2n) is 5.86. The lowest BCUT2D eigenvalue weighted by atomic mass is 10.3. The zero-order valence-electron chi connectivity index (χ0n) is 13.5. The van der Waals surface area contributed by atoms with Gasteiger partial charge in [0.05, 0.1) is 10.2 Å². The third kappa shape index (κ3) is 2.48. The highest BCUT2D eigenvalue weighted by molar-refractivity contribution is 7.22. The maximum Gasteiger partial charge on any atom is 0.277 e. The maximum absolute atomic E-state index is 12.4. The van der Waals surface area contributed by atoms with Crippen molar-refractivity contribution in [2.75, 3.05) is 12.1 Å². The number of anilines is 1. The molecule has 0 saturated carbocycles. The van der Waals surface area contributed by atoms with Gasteiger partial charge in [-0.2, -0.15) is 5.10 Å². The van der Waals surface area contributed by atoms with Crippen molar-refractivity contribution >= 4 is 32.6 Å². The van der Waals surface area contributed by atoms with Gasteiger partial charge in [-0.25, -0.2) is 4.98 Å². The molecule has 124 valence electrons. The molecule has 0 aliphatic carbocycles. The number of carbonyl (C=O) groups is 1. The van der Waals surface area contributed by atoms with Crippen LogP contribution < -0.4 is 14.8 Å². The van der Waals surface area contributed by atoms with Crippen molar-refractivity contribution in [2.45, 2.75) is 26.8 Å². The Hall–Kier alpha value is -2.61. The average molecular weight is 344 g/mol. The number of fused-ring (bicyclic) bond motifs is 2. The Labute approximate surface area is 142 Å². The van der Waals surface area contributed by atoms with Crippen LogP contribution >= 0.6 is 11.3 Å². The first-order valence-corrected chi connectivity index (χ1v) is 8.40. The van der Waals surface area contributed by atoms with Crippen molar-refractivity contribution in [1.82, 2.24) is 14.8 Å². The van der Waals surface area contributed by atoms with Gasteiger partial charge in [0.15, 0.2) is 22.3 Å². The van der Waals surface area contributed by atoms with E-state index >= 15 is 0 Å². The van der Waals surface area contributed by atoms with Crippen molar-refractivity contribution in [3.8, 4) is 11.5 Å². The summed E-state index contributed by atoms with van der Waals surface area (Å²) < 4.78 is 13.5. The first-order chi connectivity index (χ1) is 11.5. The van der Waals surface area contributed by atoms with E-state index in [4.69, 9.17) is 9.47 Å². The lowest BCUT2D eigenvalue weighted by Gasteiger charge is -2.06. The molecule has 4 rings (SSSR count). The molecule has 7 nitrogen and oxygen atoms in total. The van der Waals surface area contributed by atoms with Crippen LogP contribution in [-0.2, 0) is 0 Å². The van der Waals surface area contributed by atoms with E-state index in [2.05, 4.69) is 15.4 Å². The molecule has 0 saturated heterocycles. The van der Waals surface area contributed by atoms with Crippen molar-refractivity contribution in [2.24, 2.45) is 0 Å². The number of hydrogen-bond donors (Lipinski definition) is 1. The largest absolute Gasteiger partial charge is 0.454 e. The van der Waals surface area contributed by atoms with Crippen molar-refractivity contribution in [3.63, 3.8) is 0 Å². The summed E-state index contributed by atoms with van der Waals surface area (Å²) in [5.41, 5.74) is 2.10. The Morgan fingerprint density at radius 2 is 2.04 bits per heavy atom. The fourth-order valence-electron chi connectivity index (χ4n) is 2.65. The van der Waals surface area contributed by atoms with Gasteiger partial charge in [-0.15, -0.1) is 0 Å². The van der Waals surface area contributed by atoms with E-state index < -0.39 is 0 Å². The molecule has 0 atom stereocenters. The molecular weight excluding hydrogens is 328 g/mol. The van der Waals surface area contributed by atoms with Gasteiger partial charge in [-0.3, -0.25) is 14.8 Å². The summed E-state index contributed by atoms with van der Waals surface area (Å²) in [6.07, 6.45) is 0. The van der Waals surface area contributed by atoms with Crippen LogP contribution in [0.3, 0.4) is 0 Å². The maximum atomic E-state index is 12.4. The average Bonchev–Trinajstić information content (AvgIpc) is 3.21. The predicted octanol–water partition coefficient (Wildman–Crippen LogP) is 3.36. The SMILES string of the molecule is Cc1cc(C(=O)Nc2nc3cc4c(cc3s2)OCO4)nn1C(C)C. The van der Waals surface area contributed by atoms with Crippen LogP contribution in [0, 0.1) is 6.92 Å². The molecule has 0 bridgehead atoms. The fraction of sp³-hybridized carbons (Fsp3) is 0.312. The van der Waals surface area contributed by atoms with Gasteiger partial charge in [0, 0.05) is 23.9 Å². The number of benzene rings is 1. The van der Waals surface area contributed by atoms with Gasteiger partial charge in [-0.05, 0) is 26.8 Å². The lowest BCUT2D eigenvalue weighted by molar-refractivity contribution is 0.102. The number of rotatable bonds is 3. The highest BCUT2D eigenvalue weighted by Crippen LogP contribution is 2.39. The molecule has 2 aromatic heterocycles. The Balaban J connectivity index is 1.59. The van der Waals surface area contributed by atoms with Crippen LogP contribution in [0.25, 0.3) is 10.2 Å². The zero-order valence-corrected chi connectivity index (χ0v) is 14.3. The van der Waals surface area contributed by atoms with Crippen LogP contribution in [-0.4, -0.2) is 27.5 Å². The highest BCUT2D eigenvalue weighted by Gasteiger charge is 2.19. The molecule has 0 unspecified atom stereocenters. The van der Waals surface area contributed by atoms with Crippen LogP contribution in [0.5, 0.6) is 11.5 Å². The molecule has 8 heteroatoms. The Kier molecular flexibility index (Phi) is 3.42. The number of hydrogen-bond acceptors (Lipinski definition) is 6. The number of aromatic nitrogens is 3. The van der Waals surface area contributed by atoms with Gasteiger partial charge in [-0.1, -0.05) is 11.3 Å². The van der Waals surface area contributed by atoms with E-state index in [1.807, 2.05) is 37.6 Å². The summed E-state index contributed by atoms with van der Waals surface area (Å²) >= 11 is 1.39. The number of nitrogens with one attached hydrogen (secondary N) is 1. The molecule has 24 heavy (non-hydrogen) atoms. The fourth-order valence-corrected chi connectivity index (χ4v) is 3.53. The monoisotopic (exact) mass is 344 g/mol. The molecule has 1 amide bonds. The first kappa shape index (κ1) is 14.9. The number of carbonyl (C=O) groups excluding carboxylic acids is 1. The molecule has 1 aromatic carbocycles. The molecule has 3 aromatic rings. The molecule has 1 aliphatic rings. The normalized spacial score (nSPS) is 13.0. The van der Waals surface area contributed by atoms with Crippen molar-refractivity contribution < 1.29 is 14.3 Å². The van der Waals surface area contributed by atoms with Gasteiger partial charge in [0.1, 0.15) is 0 Å². The quantitative estimate of drug-likeness (QED) is 0.788. The summed E-state index contributed by atoms with van der Waals surface area (Å²) in [4.78, 5) is 16.8. The Morgan fingerprint density at radius 1 is 1.29 bits per heavy atom. The van der Waals surface area contributed by atoms with Gasteiger partial charge >= 0.3 is 0 Å². The van der Waals surface area contributed by atoms with Crippen LogP contribution in [0.1, 0.15) is 36.1 Å². The lowest BCUT2D eigenvalue weighted by Crippen LogP contribution is -2.13.